The highest BCUT2D eigenvalue weighted by molar-refractivity contribution is 6.08. The van der Waals surface area contributed by atoms with Crippen molar-refractivity contribution in [1.82, 2.24) is 4.98 Å². The van der Waals surface area contributed by atoms with Crippen molar-refractivity contribution in [2.75, 3.05) is 0 Å². The molecule has 0 fully saturated rings. The fourth-order valence-electron chi connectivity index (χ4n) is 3.75. The van der Waals surface area contributed by atoms with Gasteiger partial charge in [0.05, 0.1) is 5.56 Å². The van der Waals surface area contributed by atoms with Gasteiger partial charge in [0.2, 0.25) is 11.4 Å². The summed E-state index contributed by atoms with van der Waals surface area (Å²) in [6.07, 6.45) is 3.32. The topological polar surface area (TPSA) is 29.9 Å². The lowest BCUT2D eigenvalue weighted by molar-refractivity contribution is -0.660. The van der Waals surface area contributed by atoms with Crippen molar-refractivity contribution in [1.29, 1.82) is 0 Å². The number of furan rings is 1. The minimum absolute atomic E-state index is 0.649. The van der Waals surface area contributed by atoms with E-state index in [-0.39, 0.29) is 0 Å². The molecule has 4 rings (SSSR count). The molecule has 4 aromatic rings. The van der Waals surface area contributed by atoms with E-state index in [1.165, 1.54) is 11.1 Å². The van der Waals surface area contributed by atoms with Crippen molar-refractivity contribution >= 4 is 22.1 Å². The zero-order chi connectivity index (χ0) is 18.4. The van der Waals surface area contributed by atoms with Crippen molar-refractivity contribution in [2.45, 2.75) is 34.1 Å². The fourth-order valence-corrected chi connectivity index (χ4v) is 3.75. The van der Waals surface area contributed by atoms with Crippen molar-refractivity contribution in [2.24, 2.45) is 13.0 Å². The third-order valence-corrected chi connectivity index (χ3v) is 4.95. The lowest BCUT2D eigenvalue weighted by Gasteiger charge is -2.08. The van der Waals surface area contributed by atoms with Gasteiger partial charge in [-0.1, -0.05) is 26.0 Å². The highest BCUT2D eigenvalue weighted by atomic mass is 16.3. The van der Waals surface area contributed by atoms with E-state index in [0.29, 0.717) is 11.6 Å². The Balaban J connectivity index is 1.96. The third kappa shape index (κ3) is 2.78. The van der Waals surface area contributed by atoms with Crippen LogP contribution in [0.3, 0.4) is 0 Å². The predicted molar refractivity (Wildman–Crippen MR) is 106 cm³/mol. The van der Waals surface area contributed by atoms with Gasteiger partial charge in [-0.3, -0.25) is 0 Å². The van der Waals surface area contributed by atoms with Gasteiger partial charge < -0.3 is 4.42 Å². The van der Waals surface area contributed by atoms with E-state index >= 15 is 0 Å². The number of rotatable bonds is 3. The standard InChI is InChI=1S/C23H25N2O/c1-14(2)12-17-8-11-20(25(5)13-17)21-15(3)6-9-18-19-10-7-16(4)24-23(19)26-22(18)21/h6-11,13-14H,12H2,1-5H3/q+1. The third-order valence-electron chi connectivity index (χ3n) is 4.95. The summed E-state index contributed by atoms with van der Waals surface area (Å²) in [6, 6.07) is 12.9. The van der Waals surface area contributed by atoms with Crippen molar-refractivity contribution in [3.8, 4) is 11.3 Å². The monoisotopic (exact) mass is 345 g/mol. The summed E-state index contributed by atoms with van der Waals surface area (Å²) >= 11 is 0. The average Bonchev–Trinajstić information content (AvgIpc) is 2.92. The van der Waals surface area contributed by atoms with Crippen LogP contribution in [0.1, 0.15) is 30.7 Å². The Labute approximate surface area is 154 Å². The molecule has 0 saturated heterocycles. The number of hydrogen-bond donors (Lipinski definition) is 0. The number of nitrogens with zero attached hydrogens (tertiary/aromatic N) is 2. The minimum atomic E-state index is 0.649. The molecular formula is C23H25N2O+. The molecule has 3 aromatic heterocycles. The molecular weight excluding hydrogens is 320 g/mol. The Morgan fingerprint density at radius 2 is 1.77 bits per heavy atom. The number of pyridine rings is 2. The smallest absolute Gasteiger partial charge is 0.227 e. The lowest BCUT2D eigenvalue weighted by atomic mass is 9.99. The summed E-state index contributed by atoms with van der Waals surface area (Å²) in [7, 11) is 2.11. The summed E-state index contributed by atoms with van der Waals surface area (Å²) < 4.78 is 8.44. The molecule has 0 spiro atoms. The first kappa shape index (κ1) is 16.8. The highest BCUT2D eigenvalue weighted by Crippen LogP contribution is 2.36. The van der Waals surface area contributed by atoms with Gasteiger partial charge in [-0.15, -0.1) is 0 Å². The summed E-state index contributed by atoms with van der Waals surface area (Å²) in [6.45, 7) is 8.64. The Kier molecular flexibility index (Phi) is 4.03. The van der Waals surface area contributed by atoms with Crippen molar-refractivity contribution in [3.05, 3.63) is 59.4 Å². The van der Waals surface area contributed by atoms with Gasteiger partial charge >= 0.3 is 0 Å². The molecule has 0 N–H and O–H groups in total. The Morgan fingerprint density at radius 1 is 1.00 bits per heavy atom. The molecule has 0 aliphatic carbocycles. The van der Waals surface area contributed by atoms with Gasteiger partial charge in [0, 0.05) is 28.1 Å². The van der Waals surface area contributed by atoms with E-state index in [9.17, 15) is 0 Å². The largest absolute Gasteiger partial charge is 0.437 e. The van der Waals surface area contributed by atoms with Crippen LogP contribution >= 0.6 is 0 Å². The molecule has 0 amide bonds. The average molecular weight is 345 g/mol. The molecule has 3 nitrogen and oxygen atoms in total. The van der Waals surface area contributed by atoms with Crippen LogP contribution < -0.4 is 4.57 Å². The normalized spacial score (nSPS) is 11.8. The minimum Gasteiger partial charge on any atom is -0.437 e. The molecule has 132 valence electrons. The van der Waals surface area contributed by atoms with Gasteiger partial charge in [0.25, 0.3) is 0 Å². The lowest BCUT2D eigenvalue weighted by Crippen LogP contribution is -2.31. The summed E-state index contributed by atoms with van der Waals surface area (Å²) in [5.74, 6) is 0.649. The van der Waals surface area contributed by atoms with Crippen LogP contribution in [0.5, 0.6) is 0 Å². The molecule has 3 heterocycles. The zero-order valence-corrected chi connectivity index (χ0v) is 16.1. The van der Waals surface area contributed by atoms with Gasteiger partial charge in [0.15, 0.2) is 11.8 Å². The van der Waals surface area contributed by atoms with E-state index in [1.54, 1.807) is 0 Å². The maximum Gasteiger partial charge on any atom is 0.227 e. The van der Waals surface area contributed by atoms with Crippen LogP contribution in [0.4, 0.5) is 0 Å². The van der Waals surface area contributed by atoms with Gasteiger partial charge in [-0.05, 0) is 49.9 Å². The zero-order valence-electron chi connectivity index (χ0n) is 16.1. The van der Waals surface area contributed by atoms with Gasteiger partial charge in [-0.25, -0.2) is 9.55 Å². The molecule has 0 aliphatic heterocycles. The van der Waals surface area contributed by atoms with Crippen LogP contribution in [0.15, 0.2) is 47.0 Å². The second-order valence-electron chi connectivity index (χ2n) is 7.67. The first-order valence-corrected chi connectivity index (χ1v) is 9.22. The van der Waals surface area contributed by atoms with Gasteiger partial charge in [0.1, 0.15) is 7.05 Å². The molecule has 0 bridgehead atoms. The van der Waals surface area contributed by atoms with Crippen molar-refractivity contribution in [3.63, 3.8) is 0 Å². The number of aryl methyl sites for hydroxylation is 3. The van der Waals surface area contributed by atoms with Crippen LogP contribution in [-0.2, 0) is 13.5 Å². The Morgan fingerprint density at radius 3 is 2.50 bits per heavy atom. The second-order valence-corrected chi connectivity index (χ2v) is 7.67. The number of benzene rings is 1. The number of fused-ring (bicyclic) bond motifs is 3. The number of hydrogen-bond acceptors (Lipinski definition) is 2. The summed E-state index contributed by atoms with van der Waals surface area (Å²) in [4.78, 5) is 4.57. The molecule has 0 atom stereocenters. The fraction of sp³-hybridized carbons (Fsp3) is 0.304. The summed E-state index contributed by atoms with van der Waals surface area (Å²) in [5, 5.41) is 2.20. The molecule has 3 heteroatoms. The molecule has 1 aromatic carbocycles. The van der Waals surface area contributed by atoms with E-state index < -0.39 is 0 Å². The Bertz CT molecular complexity index is 1120. The molecule has 0 unspecified atom stereocenters. The SMILES string of the molecule is Cc1ccc2c(n1)oc1c(-c3ccc(CC(C)C)c[n+]3C)c(C)ccc12. The predicted octanol–water partition coefficient (Wildman–Crippen LogP) is 5.29. The summed E-state index contributed by atoms with van der Waals surface area (Å²) in [5.41, 5.74) is 7.49. The van der Waals surface area contributed by atoms with Crippen LogP contribution in [-0.4, -0.2) is 4.98 Å². The van der Waals surface area contributed by atoms with E-state index in [4.69, 9.17) is 4.42 Å². The molecule has 0 radical (unpaired) electrons. The van der Waals surface area contributed by atoms with Gasteiger partial charge in [-0.2, -0.15) is 0 Å². The first-order valence-electron chi connectivity index (χ1n) is 9.22. The number of aromatic nitrogens is 2. The van der Waals surface area contributed by atoms with E-state index in [0.717, 1.165) is 39.7 Å². The maximum atomic E-state index is 6.22. The molecule has 0 saturated carbocycles. The van der Waals surface area contributed by atoms with Crippen LogP contribution in [0.25, 0.3) is 33.3 Å². The maximum absolute atomic E-state index is 6.22. The van der Waals surface area contributed by atoms with Crippen molar-refractivity contribution < 1.29 is 8.98 Å². The molecule has 26 heavy (non-hydrogen) atoms. The second kappa shape index (κ2) is 6.24. The first-order chi connectivity index (χ1) is 12.4. The van der Waals surface area contributed by atoms with Crippen LogP contribution in [0, 0.1) is 19.8 Å². The highest BCUT2D eigenvalue weighted by Gasteiger charge is 2.21. The van der Waals surface area contributed by atoms with Crippen LogP contribution in [0.2, 0.25) is 0 Å². The quantitative estimate of drug-likeness (QED) is 0.472. The van der Waals surface area contributed by atoms with E-state index in [1.807, 2.05) is 13.0 Å². The molecule has 0 aliphatic rings. The Hall–Kier alpha value is -2.68. The van der Waals surface area contributed by atoms with E-state index in [2.05, 4.69) is 73.9 Å².